The number of rotatable bonds is 3. The zero-order chi connectivity index (χ0) is 17.9. The number of ether oxygens (including phenoxy) is 1. The summed E-state index contributed by atoms with van der Waals surface area (Å²) in [5.41, 5.74) is 2.38. The molecule has 1 aromatic carbocycles. The number of benzene rings is 1. The predicted octanol–water partition coefficient (Wildman–Crippen LogP) is 3.70. The number of pyridine rings is 1. The number of hydrogen-bond acceptors (Lipinski definition) is 5. The minimum atomic E-state index is -0.354. The molecule has 3 atom stereocenters. The lowest BCUT2D eigenvalue weighted by molar-refractivity contribution is -0.383. The summed E-state index contributed by atoms with van der Waals surface area (Å²) in [7, 11) is 2.09. The molecule has 6 nitrogen and oxygen atoms in total. The first kappa shape index (κ1) is 16.3. The van der Waals surface area contributed by atoms with Gasteiger partial charge in [0.15, 0.2) is 5.52 Å². The van der Waals surface area contributed by atoms with Gasteiger partial charge in [-0.15, -0.1) is 0 Å². The van der Waals surface area contributed by atoms with Crippen LogP contribution in [-0.2, 0) is 4.74 Å². The highest BCUT2D eigenvalue weighted by atomic mass is 16.6. The van der Waals surface area contributed by atoms with E-state index >= 15 is 0 Å². The van der Waals surface area contributed by atoms with Crippen LogP contribution < -0.4 is 4.90 Å². The highest BCUT2D eigenvalue weighted by Gasteiger charge is 2.60. The molecule has 0 N–H and O–H groups in total. The first-order valence-electron chi connectivity index (χ1n) is 8.71. The fourth-order valence-electron chi connectivity index (χ4n) is 5.01. The number of aryl methyl sites for hydroxylation is 1. The van der Waals surface area contributed by atoms with Gasteiger partial charge < -0.3 is 9.64 Å². The molecule has 2 aliphatic rings. The van der Waals surface area contributed by atoms with E-state index in [0.717, 1.165) is 29.8 Å². The van der Waals surface area contributed by atoms with Crippen LogP contribution in [0.1, 0.15) is 26.0 Å². The van der Waals surface area contributed by atoms with Crippen LogP contribution in [0.2, 0.25) is 0 Å². The molecule has 2 heterocycles. The average Bonchev–Trinajstić information content (AvgIpc) is 2.99. The number of nitrogens with zero attached hydrogens (tertiary/aromatic N) is 3. The van der Waals surface area contributed by atoms with Gasteiger partial charge in [-0.1, -0.05) is 26.0 Å². The van der Waals surface area contributed by atoms with E-state index in [9.17, 15) is 10.1 Å². The van der Waals surface area contributed by atoms with Gasteiger partial charge >= 0.3 is 0 Å². The molecule has 3 unspecified atom stereocenters. The van der Waals surface area contributed by atoms with Gasteiger partial charge in [0.05, 0.1) is 11.0 Å². The van der Waals surface area contributed by atoms with E-state index in [1.165, 1.54) is 6.07 Å². The molecule has 1 saturated heterocycles. The fourth-order valence-corrected chi connectivity index (χ4v) is 5.01. The van der Waals surface area contributed by atoms with Gasteiger partial charge in [-0.25, -0.2) is 4.98 Å². The SMILES string of the molecule is Cc1cc(N(C)C2C3CCOC3C2(C)C)c2cccc([N+](=O)[O-])c2n1. The number of nitro groups is 1. The van der Waals surface area contributed by atoms with Crippen molar-refractivity contribution < 1.29 is 9.66 Å². The van der Waals surface area contributed by atoms with Crippen LogP contribution in [0, 0.1) is 28.4 Å². The van der Waals surface area contributed by atoms with E-state index in [2.05, 4.69) is 30.8 Å². The third-order valence-corrected chi connectivity index (χ3v) is 5.96. The zero-order valence-corrected chi connectivity index (χ0v) is 15.0. The second kappa shape index (κ2) is 5.39. The molecule has 25 heavy (non-hydrogen) atoms. The van der Waals surface area contributed by atoms with Crippen molar-refractivity contribution in [2.75, 3.05) is 18.6 Å². The number of para-hydroxylation sites is 1. The summed E-state index contributed by atoms with van der Waals surface area (Å²) >= 11 is 0. The summed E-state index contributed by atoms with van der Waals surface area (Å²) in [6.45, 7) is 7.21. The fraction of sp³-hybridized carbons (Fsp3) is 0.526. The third-order valence-electron chi connectivity index (χ3n) is 5.96. The quantitative estimate of drug-likeness (QED) is 0.629. The Balaban J connectivity index is 1.84. The maximum Gasteiger partial charge on any atom is 0.295 e. The van der Waals surface area contributed by atoms with Crippen LogP contribution in [0.4, 0.5) is 11.4 Å². The van der Waals surface area contributed by atoms with Crippen molar-refractivity contribution in [1.82, 2.24) is 4.98 Å². The largest absolute Gasteiger partial charge is 0.377 e. The normalized spacial score (nSPS) is 27.0. The second-order valence-electron chi connectivity index (χ2n) is 7.83. The summed E-state index contributed by atoms with van der Waals surface area (Å²) in [6, 6.07) is 7.57. The van der Waals surface area contributed by atoms with Crippen molar-refractivity contribution in [2.45, 2.75) is 39.3 Å². The van der Waals surface area contributed by atoms with Gasteiger partial charge in [0.2, 0.25) is 0 Å². The smallest absolute Gasteiger partial charge is 0.295 e. The van der Waals surface area contributed by atoms with E-state index in [-0.39, 0.29) is 16.0 Å². The van der Waals surface area contributed by atoms with Crippen LogP contribution in [0.15, 0.2) is 24.3 Å². The van der Waals surface area contributed by atoms with Gasteiger partial charge in [0.1, 0.15) is 0 Å². The van der Waals surface area contributed by atoms with Crippen LogP contribution in [0.5, 0.6) is 0 Å². The third kappa shape index (κ3) is 2.24. The molecular formula is C19H23N3O3. The Bertz CT molecular complexity index is 864. The lowest BCUT2D eigenvalue weighted by Gasteiger charge is -2.58. The molecule has 4 rings (SSSR count). The number of nitro benzene ring substituents is 1. The number of anilines is 1. The molecule has 2 aromatic rings. The summed E-state index contributed by atoms with van der Waals surface area (Å²) in [5.74, 6) is 0.516. The molecule has 1 aliphatic carbocycles. The molecule has 0 amide bonds. The maximum atomic E-state index is 11.4. The summed E-state index contributed by atoms with van der Waals surface area (Å²) in [6.07, 6.45) is 1.38. The molecule has 1 aliphatic heterocycles. The van der Waals surface area contributed by atoms with Crippen molar-refractivity contribution in [2.24, 2.45) is 11.3 Å². The highest BCUT2D eigenvalue weighted by Crippen LogP contribution is 2.55. The topological polar surface area (TPSA) is 68.5 Å². The Hall–Kier alpha value is -2.21. The lowest BCUT2D eigenvalue weighted by Crippen LogP contribution is -2.66. The van der Waals surface area contributed by atoms with E-state index in [1.807, 2.05) is 19.1 Å². The van der Waals surface area contributed by atoms with Crippen molar-refractivity contribution in [3.05, 3.63) is 40.1 Å². The summed E-state index contributed by atoms with van der Waals surface area (Å²) in [5, 5.41) is 12.2. The van der Waals surface area contributed by atoms with Crippen molar-refractivity contribution in [1.29, 1.82) is 0 Å². The second-order valence-corrected chi connectivity index (χ2v) is 7.83. The monoisotopic (exact) mass is 341 g/mol. The zero-order valence-electron chi connectivity index (χ0n) is 15.0. The number of non-ortho nitro benzene ring substituents is 1. The van der Waals surface area contributed by atoms with Gasteiger partial charge in [-0.2, -0.15) is 0 Å². The minimum absolute atomic E-state index is 0.0557. The molecular weight excluding hydrogens is 318 g/mol. The number of fused-ring (bicyclic) bond motifs is 2. The Kier molecular flexibility index (Phi) is 3.51. The first-order chi connectivity index (χ1) is 11.8. The average molecular weight is 341 g/mol. The number of aromatic nitrogens is 1. The minimum Gasteiger partial charge on any atom is -0.377 e. The van der Waals surface area contributed by atoms with Crippen molar-refractivity contribution in [3.8, 4) is 0 Å². The molecule has 0 bridgehead atoms. The van der Waals surface area contributed by atoms with Crippen LogP contribution in [0.3, 0.4) is 0 Å². The van der Waals surface area contributed by atoms with Gasteiger partial charge in [-0.05, 0) is 19.4 Å². The molecule has 0 radical (unpaired) electrons. The Morgan fingerprint density at radius 3 is 2.88 bits per heavy atom. The van der Waals surface area contributed by atoms with Crippen molar-refractivity contribution >= 4 is 22.3 Å². The van der Waals surface area contributed by atoms with Crippen molar-refractivity contribution in [3.63, 3.8) is 0 Å². The molecule has 1 saturated carbocycles. The highest BCUT2D eigenvalue weighted by molar-refractivity contribution is 5.97. The maximum absolute atomic E-state index is 11.4. The molecule has 132 valence electrons. The van der Waals surface area contributed by atoms with Gasteiger partial charge in [-0.3, -0.25) is 10.1 Å². The van der Waals surface area contributed by atoms with Crippen LogP contribution in [-0.4, -0.2) is 35.7 Å². The Morgan fingerprint density at radius 2 is 2.16 bits per heavy atom. The molecule has 2 fully saturated rings. The first-order valence-corrected chi connectivity index (χ1v) is 8.71. The van der Waals surface area contributed by atoms with Gasteiger partial charge in [0.25, 0.3) is 5.69 Å². The Labute approximate surface area is 146 Å². The molecule has 6 heteroatoms. The van der Waals surface area contributed by atoms with E-state index in [4.69, 9.17) is 4.74 Å². The van der Waals surface area contributed by atoms with Gasteiger partial charge in [0, 0.05) is 53.9 Å². The van der Waals surface area contributed by atoms with E-state index in [0.29, 0.717) is 23.6 Å². The number of hydrogen-bond donors (Lipinski definition) is 0. The summed E-state index contributed by atoms with van der Waals surface area (Å²) < 4.78 is 5.92. The predicted molar refractivity (Wildman–Crippen MR) is 97.0 cm³/mol. The van der Waals surface area contributed by atoms with E-state index < -0.39 is 0 Å². The van der Waals surface area contributed by atoms with E-state index in [1.54, 1.807) is 6.07 Å². The molecule has 0 spiro atoms. The van der Waals surface area contributed by atoms with Crippen LogP contribution in [0.25, 0.3) is 10.9 Å². The lowest BCUT2D eigenvalue weighted by atomic mass is 9.56. The summed E-state index contributed by atoms with van der Waals surface area (Å²) in [4.78, 5) is 17.8. The van der Waals surface area contributed by atoms with Crippen LogP contribution >= 0.6 is 0 Å². The Morgan fingerprint density at radius 1 is 1.40 bits per heavy atom. The standard InChI is InChI=1S/C19H23N3O3/c1-11-10-15(12-6-5-7-14(22(23)24)16(12)20-11)21(4)17-13-8-9-25-18(13)19(17,2)3/h5-7,10,13,17-18H,8-9H2,1-4H3. The molecule has 1 aromatic heterocycles.